The third-order valence-electron chi connectivity index (χ3n) is 3.69. The summed E-state index contributed by atoms with van der Waals surface area (Å²) in [5.74, 6) is 0.445. The lowest BCUT2D eigenvalue weighted by atomic mass is 10.0. The molecule has 2 rings (SSSR count). The first kappa shape index (κ1) is 17.4. The first-order chi connectivity index (χ1) is 11.0. The average molecular weight is 328 g/mol. The van der Waals surface area contributed by atoms with Crippen LogP contribution in [-0.2, 0) is 4.79 Å². The molecule has 1 amide bonds. The molecule has 0 aliphatic carbocycles. The summed E-state index contributed by atoms with van der Waals surface area (Å²) in [5.41, 5.74) is 3.05. The smallest absolute Gasteiger partial charge is 0.246 e. The van der Waals surface area contributed by atoms with Gasteiger partial charge in [0.25, 0.3) is 0 Å². The van der Waals surface area contributed by atoms with Gasteiger partial charge in [-0.15, -0.1) is 11.8 Å². The molecule has 0 aliphatic heterocycles. The average Bonchev–Trinajstić information content (AvgIpc) is 2.55. The number of thioether (sulfide) groups is 1. The van der Waals surface area contributed by atoms with Gasteiger partial charge in [0.2, 0.25) is 5.91 Å². The van der Waals surface area contributed by atoms with E-state index in [1.807, 2.05) is 43.5 Å². The highest BCUT2D eigenvalue weighted by molar-refractivity contribution is 7.98. The van der Waals surface area contributed by atoms with Crippen molar-refractivity contribution in [2.75, 3.05) is 16.9 Å². The van der Waals surface area contributed by atoms with Crippen molar-refractivity contribution in [3.05, 3.63) is 54.1 Å². The molecule has 2 aromatic carbocycles. The van der Waals surface area contributed by atoms with E-state index in [4.69, 9.17) is 0 Å². The molecule has 0 aromatic heterocycles. The normalized spacial score (nSPS) is 12.0. The molecule has 0 saturated carbocycles. The maximum atomic E-state index is 12.3. The molecule has 2 aromatic rings. The minimum Gasteiger partial charge on any atom is -0.374 e. The molecule has 0 aliphatic rings. The van der Waals surface area contributed by atoms with Gasteiger partial charge in [-0.3, -0.25) is 4.79 Å². The van der Waals surface area contributed by atoms with Gasteiger partial charge < -0.3 is 10.6 Å². The number of benzene rings is 2. The van der Waals surface area contributed by atoms with Crippen molar-refractivity contribution in [2.45, 2.75) is 37.6 Å². The monoisotopic (exact) mass is 328 g/mol. The first-order valence-electron chi connectivity index (χ1n) is 7.81. The van der Waals surface area contributed by atoms with Gasteiger partial charge in [-0.05, 0) is 55.0 Å². The Labute approximate surface area is 142 Å². The highest BCUT2D eigenvalue weighted by Gasteiger charge is 2.13. The number of rotatable bonds is 6. The van der Waals surface area contributed by atoms with Crippen LogP contribution in [0, 0.1) is 0 Å². The van der Waals surface area contributed by atoms with Crippen LogP contribution < -0.4 is 10.6 Å². The molecule has 23 heavy (non-hydrogen) atoms. The van der Waals surface area contributed by atoms with Crippen LogP contribution in [0.4, 0.5) is 11.4 Å². The lowest BCUT2D eigenvalue weighted by Crippen LogP contribution is -2.31. The summed E-state index contributed by atoms with van der Waals surface area (Å²) in [5, 5.41) is 6.19. The Balaban J connectivity index is 1.96. The minimum absolute atomic E-state index is 0.0446. The van der Waals surface area contributed by atoms with E-state index in [0.29, 0.717) is 5.92 Å². The molecule has 4 heteroatoms. The maximum absolute atomic E-state index is 12.3. The molecule has 0 fully saturated rings. The second kappa shape index (κ2) is 8.06. The Hall–Kier alpha value is -1.94. The zero-order valence-corrected chi connectivity index (χ0v) is 14.9. The molecule has 0 saturated heterocycles. The molecule has 122 valence electrons. The lowest BCUT2D eigenvalue weighted by molar-refractivity contribution is -0.116. The number of carbonyl (C=O) groups is 1. The largest absolute Gasteiger partial charge is 0.374 e. The Morgan fingerprint density at radius 2 is 1.70 bits per heavy atom. The van der Waals surface area contributed by atoms with Crippen LogP contribution in [0.25, 0.3) is 0 Å². The van der Waals surface area contributed by atoms with Crippen LogP contribution >= 0.6 is 11.8 Å². The highest BCUT2D eigenvalue weighted by Crippen LogP contribution is 2.20. The number of amides is 1. The van der Waals surface area contributed by atoms with Gasteiger partial charge in [0, 0.05) is 16.3 Å². The quantitative estimate of drug-likeness (QED) is 0.736. The van der Waals surface area contributed by atoms with E-state index in [0.717, 1.165) is 11.4 Å². The maximum Gasteiger partial charge on any atom is 0.246 e. The second-order valence-electron chi connectivity index (χ2n) is 5.86. The van der Waals surface area contributed by atoms with Crippen molar-refractivity contribution in [1.82, 2.24) is 0 Å². The van der Waals surface area contributed by atoms with Gasteiger partial charge in [0.1, 0.15) is 6.04 Å². The Bertz CT molecular complexity index is 653. The fourth-order valence-corrected chi connectivity index (χ4v) is 2.69. The third-order valence-corrected chi connectivity index (χ3v) is 4.42. The predicted molar refractivity (Wildman–Crippen MR) is 100 cm³/mol. The van der Waals surface area contributed by atoms with Crippen molar-refractivity contribution in [3.63, 3.8) is 0 Å². The van der Waals surface area contributed by atoms with Crippen LogP contribution in [0.1, 0.15) is 32.3 Å². The van der Waals surface area contributed by atoms with Crippen LogP contribution in [0.15, 0.2) is 53.4 Å². The summed E-state index contributed by atoms with van der Waals surface area (Å²) >= 11 is 1.68. The van der Waals surface area contributed by atoms with Crippen LogP contribution in [0.5, 0.6) is 0 Å². The van der Waals surface area contributed by atoms with Crippen LogP contribution in [0.2, 0.25) is 0 Å². The van der Waals surface area contributed by atoms with Crippen molar-refractivity contribution < 1.29 is 4.79 Å². The van der Waals surface area contributed by atoms with Crippen LogP contribution in [-0.4, -0.2) is 18.2 Å². The highest BCUT2D eigenvalue weighted by atomic mass is 32.2. The van der Waals surface area contributed by atoms with E-state index in [9.17, 15) is 4.79 Å². The van der Waals surface area contributed by atoms with Gasteiger partial charge in [0.15, 0.2) is 0 Å². The van der Waals surface area contributed by atoms with Gasteiger partial charge in [0.05, 0.1) is 0 Å². The van der Waals surface area contributed by atoms with E-state index in [1.165, 1.54) is 10.5 Å². The Morgan fingerprint density at radius 3 is 2.30 bits per heavy atom. The molecule has 3 nitrogen and oxygen atoms in total. The molecule has 0 heterocycles. The second-order valence-corrected chi connectivity index (χ2v) is 6.74. The zero-order chi connectivity index (χ0) is 16.8. The molecular weight excluding hydrogens is 304 g/mol. The Kier molecular flexibility index (Phi) is 6.11. The van der Waals surface area contributed by atoms with E-state index < -0.39 is 0 Å². The standard InChI is InChI=1S/C19H24N2OS/c1-13(2)15-8-10-16(11-9-15)21-19(22)14(3)20-17-6-5-7-18(12-17)23-4/h5-14,20H,1-4H3,(H,21,22)/t14-/m1/s1. The molecule has 0 bridgehead atoms. The molecule has 2 N–H and O–H groups in total. The summed E-state index contributed by atoms with van der Waals surface area (Å²) in [6.07, 6.45) is 2.04. The molecule has 0 spiro atoms. The van der Waals surface area contributed by atoms with Gasteiger partial charge in [-0.25, -0.2) is 0 Å². The first-order valence-corrected chi connectivity index (χ1v) is 9.03. The minimum atomic E-state index is -0.308. The fourth-order valence-electron chi connectivity index (χ4n) is 2.23. The summed E-state index contributed by atoms with van der Waals surface area (Å²) in [4.78, 5) is 13.5. The number of nitrogens with one attached hydrogen (secondary N) is 2. The Morgan fingerprint density at radius 1 is 1.00 bits per heavy atom. The molecule has 1 atom stereocenters. The van der Waals surface area contributed by atoms with E-state index in [1.54, 1.807) is 11.8 Å². The molecule has 0 radical (unpaired) electrons. The van der Waals surface area contributed by atoms with Gasteiger partial charge in [-0.1, -0.05) is 32.0 Å². The fraction of sp³-hybridized carbons (Fsp3) is 0.316. The molecular formula is C19H24N2OS. The van der Waals surface area contributed by atoms with E-state index in [-0.39, 0.29) is 11.9 Å². The number of anilines is 2. The lowest BCUT2D eigenvalue weighted by Gasteiger charge is -2.16. The summed E-state index contributed by atoms with van der Waals surface area (Å²) < 4.78 is 0. The van der Waals surface area contributed by atoms with E-state index >= 15 is 0 Å². The number of carbonyl (C=O) groups excluding carboxylic acids is 1. The summed E-state index contributed by atoms with van der Waals surface area (Å²) in [7, 11) is 0. The predicted octanol–water partition coefficient (Wildman–Crippen LogP) is 4.97. The SMILES string of the molecule is CSc1cccc(N[C@H](C)C(=O)Nc2ccc(C(C)C)cc2)c1. The topological polar surface area (TPSA) is 41.1 Å². The summed E-state index contributed by atoms with van der Waals surface area (Å²) in [6, 6.07) is 15.8. The zero-order valence-electron chi connectivity index (χ0n) is 14.1. The van der Waals surface area contributed by atoms with Crippen molar-refractivity contribution in [2.24, 2.45) is 0 Å². The van der Waals surface area contributed by atoms with Crippen molar-refractivity contribution >= 4 is 29.0 Å². The van der Waals surface area contributed by atoms with Gasteiger partial charge >= 0.3 is 0 Å². The van der Waals surface area contributed by atoms with Crippen LogP contribution in [0.3, 0.4) is 0 Å². The number of hydrogen-bond donors (Lipinski definition) is 2. The van der Waals surface area contributed by atoms with Crippen molar-refractivity contribution in [3.8, 4) is 0 Å². The van der Waals surface area contributed by atoms with Gasteiger partial charge in [-0.2, -0.15) is 0 Å². The van der Waals surface area contributed by atoms with E-state index in [2.05, 4.69) is 42.7 Å². The van der Waals surface area contributed by atoms with Crippen molar-refractivity contribution in [1.29, 1.82) is 0 Å². The number of hydrogen-bond acceptors (Lipinski definition) is 3. The summed E-state index contributed by atoms with van der Waals surface area (Å²) in [6.45, 7) is 6.17. The third kappa shape index (κ3) is 5.03. The molecule has 0 unspecified atom stereocenters.